The largest absolute Gasteiger partial charge is 0.316 e. The molecule has 0 fully saturated rings. The van der Waals surface area contributed by atoms with Crippen molar-refractivity contribution in [3.8, 4) is 0 Å². The molecular formula is C12H25N. The van der Waals surface area contributed by atoms with Gasteiger partial charge in [0.25, 0.3) is 0 Å². The van der Waals surface area contributed by atoms with Crippen molar-refractivity contribution in [1.29, 1.82) is 0 Å². The fourth-order valence-electron chi connectivity index (χ4n) is 1.39. The van der Waals surface area contributed by atoms with Crippen LogP contribution >= 0.6 is 0 Å². The smallest absolute Gasteiger partial charge is 0.00397 e. The zero-order valence-electron chi connectivity index (χ0n) is 9.53. The molecule has 1 N–H and O–H groups in total. The summed E-state index contributed by atoms with van der Waals surface area (Å²) in [5, 5.41) is 3.46. The van der Waals surface area contributed by atoms with Gasteiger partial charge >= 0.3 is 0 Å². The van der Waals surface area contributed by atoms with E-state index >= 15 is 0 Å². The van der Waals surface area contributed by atoms with Gasteiger partial charge in [-0.05, 0) is 24.8 Å². The first-order valence-corrected chi connectivity index (χ1v) is 5.53. The highest BCUT2D eigenvalue weighted by molar-refractivity contribution is 4.92. The molecule has 0 rings (SSSR count). The Morgan fingerprint density at radius 3 is 2.46 bits per heavy atom. The second-order valence-electron chi connectivity index (χ2n) is 4.14. The molecule has 0 aromatic rings. The van der Waals surface area contributed by atoms with E-state index in [9.17, 15) is 0 Å². The van der Waals surface area contributed by atoms with E-state index < -0.39 is 0 Å². The monoisotopic (exact) mass is 183 g/mol. The van der Waals surface area contributed by atoms with Gasteiger partial charge in [-0.25, -0.2) is 0 Å². The fraction of sp³-hybridized carbons (Fsp3) is 0.833. The third-order valence-electron chi connectivity index (χ3n) is 2.55. The molecule has 0 aliphatic rings. The van der Waals surface area contributed by atoms with Crippen molar-refractivity contribution in [2.75, 3.05) is 13.1 Å². The van der Waals surface area contributed by atoms with Gasteiger partial charge < -0.3 is 5.32 Å². The molecule has 0 heterocycles. The van der Waals surface area contributed by atoms with Crippen LogP contribution in [0.1, 0.15) is 46.5 Å². The van der Waals surface area contributed by atoms with Gasteiger partial charge in [-0.3, -0.25) is 0 Å². The zero-order chi connectivity index (χ0) is 10.2. The summed E-state index contributed by atoms with van der Waals surface area (Å²) in [5.74, 6) is 0. The van der Waals surface area contributed by atoms with E-state index in [-0.39, 0.29) is 0 Å². The van der Waals surface area contributed by atoms with Crippen LogP contribution in [0.3, 0.4) is 0 Å². The first kappa shape index (κ1) is 12.7. The highest BCUT2D eigenvalue weighted by atomic mass is 14.9. The van der Waals surface area contributed by atoms with Crippen LogP contribution in [0.4, 0.5) is 0 Å². The van der Waals surface area contributed by atoms with Gasteiger partial charge in [0.1, 0.15) is 0 Å². The van der Waals surface area contributed by atoms with E-state index in [4.69, 9.17) is 0 Å². The van der Waals surface area contributed by atoms with Gasteiger partial charge in [0.05, 0.1) is 0 Å². The third kappa shape index (κ3) is 5.87. The predicted molar refractivity (Wildman–Crippen MR) is 61.0 cm³/mol. The van der Waals surface area contributed by atoms with E-state index in [1.54, 1.807) is 0 Å². The lowest BCUT2D eigenvalue weighted by atomic mass is 9.85. The van der Waals surface area contributed by atoms with E-state index in [2.05, 4.69) is 38.7 Å². The fourth-order valence-corrected chi connectivity index (χ4v) is 1.39. The highest BCUT2D eigenvalue weighted by Crippen LogP contribution is 2.24. The minimum atomic E-state index is 0.297. The average Bonchev–Trinajstić information content (AvgIpc) is 2.15. The van der Waals surface area contributed by atoms with E-state index in [0.29, 0.717) is 5.41 Å². The maximum atomic E-state index is 3.92. The summed E-state index contributed by atoms with van der Waals surface area (Å²) in [6, 6.07) is 0. The van der Waals surface area contributed by atoms with Crippen LogP contribution < -0.4 is 5.32 Å². The summed E-state index contributed by atoms with van der Waals surface area (Å²) >= 11 is 0. The Kier molecular flexibility index (Phi) is 6.97. The van der Waals surface area contributed by atoms with Crippen LogP contribution in [0.15, 0.2) is 12.7 Å². The standard InChI is InChI=1S/C12H25N/c1-5-8-9-12(4,7-3)11-13-10-6-2/h7,13H,3,5-6,8-11H2,1-2,4H3. The molecule has 0 saturated heterocycles. The second-order valence-corrected chi connectivity index (χ2v) is 4.14. The van der Waals surface area contributed by atoms with Crippen LogP contribution in [0, 0.1) is 5.41 Å². The molecule has 0 aromatic carbocycles. The lowest BCUT2D eigenvalue weighted by Gasteiger charge is -2.26. The average molecular weight is 183 g/mol. The molecule has 0 spiro atoms. The molecular weight excluding hydrogens is 158 g/mol. The molecule has 0 saturated carbocycles. The zero-order valence-corrected chi connectivity index (χ0v) is 9.53. The van der Waals surface area contributed by atoms with E-state index in [0.717, 1.165) is 13.1 Å². The number of rotatable bonds is 8. The summed E-state index contributed by atoms with van der Waals surface area (Å²) < 4.78 is 0. The Morgan fingerprint density at radius 1 is 1.31 bits per heavy atom. The lowest BCUT2D eigenvalue weighted by Crippen LogP contribution is -2.30. The molecule has 78 valence electrons. The summed E-state index contributed by atoms with van der Waals surface area (Å²) in [6.45, 7) is 12.8. The number of unbranched alkanes of at least 4 members (excludes halogenated alkanes) is 1. The van der Waals surface area contributed by atoms with Crippen LogP contribution in [-0.4, -0.2) is 13.1 Å². The maximum absolute atomic E-state index is 3.92. The van der Waals surface area contributed by atoms with Crippen molar-refractivity contribution in [2.45, 2.75) is 46.5 Å². The molecule has 0 aliphatic heterocycles. The van der Waals surface area contributed by atoms with Gasteiger partial charge in [0.15, 0.2) is 0 Å². The molecule has 0 amide bonds. The Morgan fingerprint density at radius 2 is 2.00 bits per heavy atom. The highest BCUT2D eigenvalue weighted by Gasteiger charge is 2.18. The lowest BCUT2D eigenvalue weighted by molar-refractivity contribution is 0.353. The molecule has 13 heavy (non-hydrogen) atoms. The van der Waals surface area contributed by atoms with Gasteiger partial charge in [0.2, 0.25) is 0 Å². The van der Waals surface area contributed by atoms with Gasteiger partial charge in [-0.2, -0.15) is 0 Å². The minimum Gasteiger partial charge on any atom is -0.316 e. The summed E-state index contributed by atoms with van der Waals surface area (Å²) in [4.78, 5) is 0. The molecule has 1 nitrogen and oxygen atoms in total. The number of nitrogens with one attached hydrogen (secondary N) is 1. The summed E-state index contributed by atoms with van der Waals surface area (Å²) in [7, 11) is 0. The number of hydrogen-bond acceptors (Lipinski definition) is 1. The summed E-state index contributed by atoms with van der Waals surface area (Å²) in [5.41, 5.74) is 0.297. The Hall–Kier alpha value is -0.300. The van der Waals surface area contributed by atoms with E-state index in [1.165, 1.54) is 25.7 Å². The van der Waals surface area contributed by atoms with Crippen molar-refractivity contribution in [3.63, 3.8) is 0 Å². The topological polar surface area (TPSA) is 12.0 Å². The number of hydrogen-bond donors (Lipinski definition) is 1. The van der Waals surface area contributed by atoms with Crippen LogP contribution in [0.2, 0.25) is 0 Å². The molecule has 0 aromatic heterocycles. The first-order chi connectivity index (χ1) is 6.18. The van der Waals surface area contributed by atoms with Crippen molar-refractivity contribution >= 4 is 0 Å². The molecule has 1 heteroatoms. The van der Waals surface area contributed by atoms with Gasteiger partial charge in [0, 0.05) is 6.54 Å². The van der Waals surface area contributed by atoms with Crippen molar-refractivity contribution in [2.24, 2.45) is 5.41 Å². The van der Waals surface area contributed by atoms with Gasteiger partial charge in [-0.1, -0.05) is 39.7 Å². The predicted octanol–water partition coefficient (Wildman–Crippen LogP) is 3.37. The van der Waals surface area contributed by atoms with Crippen molar-refractivity contribution < 1.29 is 0 Å². The van der Waals surface area contributed by atoms with E-state index in [1.807, 2.05) is 0 Å². The van der Waals surface area contributed by atoms with Crippen molar-refractivity contribution in [3.05, 3.63) is 12.7 Å². The molecule has 0 aliphatic carbocycles. The normalized spacial score (nSPS) is 15.3. The second kappa shape index (κ2) is 7.14. The molecule has 1 atom stereocenters. The Balaban J connectivity index is 3.74. The van der Waals surface area contributed by atoms with Crippen molar-refractivity contribution in [1.82, 2.24) is 5.32 Å². The SMILES string of the molecule is C=CC(C)(CCCC)CNCCC. The molecule has 0 bridgehead atoms. The molecule has 1 unspecified atom stereocenters. The van der Waals surface area contributed by atoms with Gasteiger partial charge in [-0.15, -0.1) is 6.58 Å². The summed E-state index contributed by atoms with van der Waals surface area (Å²) in [6.07, 6.45) is 7.14. The first-order valence-electron chi connectivity index (χ1n) is 5.53. The third-order valence-corrected chi connectivity index (χ3v) is 2.55. The Labute approximate surface area is 83.6 Å². The minimum absolute atomic E-state index is 0.297. The van der Waals surface area contributed by atoms with Crippen LogP contribution in [0.5, 0.6) is 0 Å². The molecule has 0 radical (unpaired) electrons. The van der Waals surface area contributed by atoms with Crippen LogP contribution in [0.25, 0.3) is 0 Å². The maximum Gasteiger partial charge on any atom is 0.00397 e. The Bertz CT molecular complexity index is 131. The van der Waals surface area contributed by atoms with Crippen LogP contribution in [-0.2, 0) is 0 Å². The quantitative estimate of drug-likeness (QED) is 0.449.